The number of nitrogens with zero attached hydrogens (tertiary/aromatic N) is 2. The zero-order valence-electron chi connectivity index (χ0n) is 7.72. The Bertz CT molecular complexity index is 546. The second kappa shape index (κ2) is 4.88. The van der Waals surface area contributed by atoms with E-state index in [4.69, 9.17) is 34.8 Å². The lowest BCUT2D eigenvalue weighted by molar-refractivity contribution is 1.16. The van der Waals surface area contributed by atoms with Crippen LogP contribution in [0, 0.1) is 0 Å². The molecular formula is C10H4BrCl3N2. The Morgan fingerprint density at radius 2 is 1.88 bits per heavy atom. The Labute approximate surface area is 116 Å². The van der Waals surface area contributed by atoms with Crippen molar-refractivity contribution in [2.75, 3.05) is 0 Å². The van der Waals surface area contributed by atoms with E-state index in [1.54, 1.807) is 24.4 Å². The fraction of sp³-hybridized carbons (Fsp3) is 0. The van der Waals surface area contributed by atoms with E-state index in [1.165, 1.54) is 0 Å². The molecule has 0 radical (unpaired) electrons. The Kier molecular flexibility index (Phi) is 3.70. The molecule has 0 bridgehead atoms. The maximum Gasteiger partial charge on any atom is 0.162 e. The highest BCUT2D eigenvalue weighted by molar-refractivity contribution is 9.10. The van der Waals surface area contributed by atoms with Crippen molar-refractivity contribution in [3.8, 4) is 11.4 Å². The second-order valence-electron chi connectivity index (χ2n) is 2.96. The molecule has 6 heteroatoms. The van der Waals surface area contributed by atoms with Gasteiger partial charge in [0.1, 0.15) is 5.15 Å². The van der Waals surface area contributed by atoms with Gasteiger partial charge in [0.2, 0.25) is 0 Å². The number of hydrogen-bond donors (Lipinski definition) is 0. The van der Waals surface area contributed by atoms with Gasteiger partial charge in [-0.05, 0) is 34.1 Å². The minimum atomic E-state index is 0.334. The van der Waals surface area contributed by atoms with Crippen LogP contribution < -0.4 is 0 Å². The summed E-state index contributed by atoms with van der Waals surface area (Å²) >= 11 is 21.0. The smallest absolute Gasteiger partial charge is 0.162 e. The molecule has 82 valence electrons. The van der Waals surface area contributed by atoms with E-state index in [9.17, 15) is 0 Å². The molecule has 16 heavy (non-hydrogen) atoms. The van der Waals surface area contributed by atoms with Crippen LogP contribution >= 0.6 is 50.7 Å². The lowest BCUT2D eigenvalue weighted by Gasteiger charge is -2.04. The molecule has 0 N–H and O–H groups in total. The molecule has 2 aromatic rings. The third-order valence-electron chi connectivity index (χ3n) is 1.87. The summed E-state index contributed by atoms with van der Waals surface area (Å²) in [6, 6.07) is 5.09. The Morgan fingerprint density at radius 1 is 1.12 bits per heavy atom. The molecular weight excluding hydrogens is 334 g/mol. The van der Waals surface area contributed by atoms with Gasteiger partial charge in [-0.15, -0.1) is 0 Å². The van der Waals surface area contributed by atoms with Crippen molar-refractivity contribution in [2.45, 2.75) is 0 Å². The molecule has 0 saturated heterocycles. The van der Waals surface area contributed by atoms with Gasteiger partial charge < -0.3 is 0 Å². The summed E-state index contributed by atoms with van der Waals surface area (Å²) in [5.74, 6) is 0.445. The zero-order chi connectivity index (χ0) is 11.7. The molecule has 0 aliphatic heterocycles. The Hall–Kier alpha value is -0.350. The fourth-order valence-corrected chi connectivity index (χ4v) is 1.84. The van der Waals surface area contributed by atoms with Gasteiger partial charge in [-0.1, -0.05) is 34.8 Å². The third kappa shape index (κ3) is 2.48. The van der Waals surface area contributed by atoms with Crippen LogP contribution in [0.4, 0.5) is 0 Å². The van der Waals surface area contributed by atoms with Gasteiger partial charge in [-0.25, -0.2) is 9.97 Å². The summed E-state index contributed by atoms with van der Waals surface area (Å²) in [7, 11) is 0. The quantitative estimate of drug-likeness (QED) is 0.694. The summed E-state index contributed by atoms with van der Waals surface area (Å²) < 4.78 is 0.635. The van der Waals surface area contributed by atoms with Crippen LogP contribution in [0.3, 0.4) is 0 Å². The van der Waals surface area contributed by atoms with Crippen molar-refractivity contribution in [3.63, 3.8) is 0 Å². The van der Waals surface area contributed by atoms with Crippen LogP contribution in [0.25, 0.3) is 11.4 Å². The van der Waals surface area contributed by atoms with Crippen molar-refractivity contribution < 1.29 is 0 Å². The van der Waals surface area contributed by atoms with Crippen molar-refractivity contribution >= 4 is 50.7 Å². The van der Waals surface area contributed by atoms with E-state index in [0.29, 0.717) is 31.1 Å². The predicted molar refractivity (Wildman–Crippen MR) is 70.2 cm³/mol. The maximum atomic E-state index is 6.03. The van der Waals surface area contributed by atoms with Crippen molar-refractivity contribution in [3.05, 3.63) is 44.1 Å². The highest BCUT2D eigenvalue weighted by atomic mass is 79.9. The van der Waals surface area contributed by atoms with Gasteiger partial charge in [0.15, 0.2) is 5.82 Å². The van der Waals surface area contributed by atoms with Gasteiger partial charge in [-0.3, -0.25) is 0 Å². The molecule has 2 nitrogen and oxygen atoms in total. The van der Waals surface area contributed by atoms with E-state index in [-0.39, 0.29) is 0 Å². The SMILES string of the molecule is Clc1ccc(Cl)c(-c2ncc(Br)c(Cl)n2)c1. The monoisotopic (exact) mass is 336 g/mol. The van der Waals surface area contributed by atoms with E-state index in [0.717, 1.165) is 0 Å². The van der Waals surface area contributed by atoms with Gasteiger partial charge in [0, 0.05) is 16.8 Å². The topological polar surface area (TPSA) is 25.8 Å². The first-order valence-electron chi connectivity index (χ1n) is 4.21. The van der Waals surface area contributed by atoms with Crippen molar-refractivity contribution in [1.82, 2.24) is 9.97 Å². The normalized spacial score (nSPS) is 10.5. The first-order chi connectivity index (χ1) is 7.58. The predicted octanol–water partition coefficient (Wildman–Crippen LogP) is 4.87. The van der Waals surface area contributed by atoms with E-state index in [2.05, 4.69) is 25.9 Å². The molecule has 1 aromatic carbocycles. The highest BCUT2D eigenvalue weighted by Crippen LogP contribution is 2.30. The maximum absolute atomic E-state index is 6.03. The molecule has 1 heterocycles. The zero-order valence-corrected chi connectivity index (χ0v) is 11.6. The first kappa shape index (κ1) is 12.1. The van der Waals surface area contributed by atoms with Gasteiger partial charge in [0.05, 0.1) is 9.50 Å². The van der Waals surface area contributed by atoms with Crippen molar-refractivity contribution in [1.29, 1.82) is 0 Å². The standard InChI is InChI=1S/C10H4BrCl3N2/c11-7-4-15-10(16-9(7)14)6-3-5(12)1-2-8(6)13/h1-4H. The Balaban J connectivity index is 2.58. The molecule has 0 aliphatic rings. The summed E-state index contributed by atoms with van der Waals surface area (Å²) in [6.45, 7) is 0. The number of benzene rings is 1. The van der Waals surface area contributed by atoms with Gasteiger partial charge >= 0.3 is 0 Å². The van der Waals surface area contributed by atoms with Crippen LogP contribution in [0.1, 0.15) is 0 Å². The largest absolute Gasteiger partial charge is 0.235 e. The average molecular weight is 338 g/mol. The molecule has 0 fully saturated rings. The summed E-state index contributed by atoms with van der Waals surface area (Å²) in [6.07, 6.45) is 1.57. The van der Waals surface area contributed by atoms with Crippen LogP contribution in [0.2, 0.25) is 15.2 Å². The average Bonchev–Trinajstić information content (AvgIpc) is 2.26. The molecule has 0 amide bonds. The van der Waals surface area contributed by atoms with Gasteiger partial charge in [0.25, 0.3) is 0 Å². The summed E-state index contributed by atoms with van der Waals surface area (Å²) in [4.78, 5) is 8.24. The molecule has 0 aliphatic carbocycles. The van der Waals surface area contributed by atoms with E-state index >= 15 is 0 Å². The fourth-order valence-electron chi connectivity index (χ4n) is 1.14. The lowest BCUT2D eigenvalue weighted by Crippen LogP contribution is -1.90. The molecule has 1 aromatic heterocycles. The molecule has 0 atom stereocenters. The number of hydrogen-bond acceptors (Lipinski definition) is 2. The number of aromatic nitrogens is 2. The Morgan fingerprint density at radius 3 is 2.56 bits per heavy atom. The lowest BCUT2D eigenvalue weighted by atomic mass is 10.2. The number of rotatable bonds is 1. The molecule has 0 spiro atoms. The minimum Gasteiger partial charge on any atom is -0.235 e. The highest BCUT2D eigenvalue weighted by Gasteiger charge is 2.09. The van der Waals surface area contributed by atoms with Crippen LogP contribution in [-0.4, -0.2) is 9.97 Å². The minimum absolute atomic E-state index is 0.334. The third-order valence-corrected chi connectivity index (χ3v) is 3.53. The molecule has 2 rings (SSSR count). The summed E-state index contributed by atoms with van der Waals surface area (Å²) in [5, 5.41) is 1.44. The van der Waals surface area contributed by atoms with E-state index in [1.807, 2.05) is 0 Å². The second-order valence-corrected chi connectivity index (χ2v) is 5.01. The van der Waals surface area contributed by atoms with Crippen LogP contribution in [-0.2, 0) is 0 Å². The molecule has 0 unspecified atom stereocenters. The summed E-state index contributed by atoms with van der Waals surface area (Å²) in [5.41, 5.74) is 0.656. The van der Waals surface area contributed by atoms with Gasteiger partial charge in [-0.2, -0.15) is 0 Å². The van der Waals surface area contributed by atoms with Crippen LogP contribution in [0.15, 0.2) is 28.9 Å². The van der Waals surface area contributed by atoms with Crippen molar-refractivity contribution in [2.24, 2.45) is 0 Å². The molecule has 0 saturated carbocycles. The first-order valence-corrected chi connectivity index (χ1v) is 6.14. The van der Waals surface area contributed by atoms with E-state index < -0.39 is 0 Å². The number of halogens is 4. The van der Waals surface area contributed by atoms with Crippen LogP contribution in [0.5, 0.6) is 0 Å².